The molecule has 110 valence electrons. The molecule has 0 saturated heterocycles. The van der Waals surface area contributed by atoms with Crippen LogP contribution in [0.1, 0.15) is 32.3 Å². The molecule has 0 atom stereocenters. The number of aromatic amines is 1. The fourth-order valence-corrected chi connectivity index (χ4v) is 1.85. The molecule has 2 heterocycles. The van der Waals surface area contributed by atoms with Crippen LogP contribution in [-0.4, -0.2) is 16.6 Å². The second-order valence-electron chi connectivity index (χ2n) is 4.39. The van der Waals surface area contributed by atoms with Gasteiger partial charge in [0.25, 0.3) is 5.56 Å². The highest BCUT2D eigenvalue weighted by molar-refractivity contribution is 5.75. The highest BCUT2D eigenvalue weighted by Crippen LogP contribution is 2.13. The van der Waals surface area contributed by atoms with Crippen molar-refractivity contribution in [3.05, 3.63) is 32.4 Å². The van der Waals surface area contributed by atoms with Gasteiger partial charge in [0.2, 0.25) is 5.71 Å². The van der Waals surface area contributed by atoms with Crippen LogP contribution in [0.3, 0.4) is 0 Å². The summed E-state index contributed by atoms with van der Waals surface area (Å²) in [5, 5.41) is 0.279. The van der Waals surface area contributed by atoms with Crippen LogP contribution < -0.4 is 15.9 Å². The largest absolute Gasteiger partial charge is 0.451 e. The summed E-state index contributed by atoms with van der Waals surface area (Å²) in [4.78, 5) is 30.0. The van der Waals surface area contributed by atoms with E-state index in [1.165, 1.54) is 6.07 Å². The van der Waals surface area contributed by atoms with Gasteiger partial charge in [0.05, 0.1) is 0 Å². The number of aromatic nitrogens is 2. The Labute approximate surface area is 121 Å². The number of H-pyrrole nitrogens is 1. The SMILES string of the molecule is CCCC#CCOc1nc2oc(=O)cc(CC)c2c(=O)[nH]1. The van der Waals surface area contributed by atoms with Crippen LogP contribution in [0.15, 0.2) is 20.1 Å². The van der Waals surface area contributed by atoms with Gasteiger partial charge in [-0.15, -0.1) is 0 Å². The topological polar surface area (TPSA) is 85.2 Å². The molecule has 0 bridgehead atoms. The lowest BCUT2D eigenvalue weighted by molar-refractivity contribution is 0.337. The van der Waals surface area contributed by atoms with E-state index in [4.69, 9.17) is 9.15 Å². The Kier molecular flexibility index (Phi) is 4.77. The van der Waals surface area contributed by atoms with E-state index in [0.29, 0.717) is 12.0 Å². The Bertz CT molecular complexity index is 808. The van der Waals surface area contributed by atoms with Crippen LogP contribution in [0.2, 0.25) is 0 Å². The second kappa shape index (κ2) is 6.75. The maximum Gasteiger partial charge on any atom is 0.337 e. The van der Waals surface area contributed by atoms with E-state index in [1.54, 1.807) is 0 Å². The molecule has 0 aliphatic rings. The zero-order valence-electron chi connectivity index (χ0n) is 12.0. The molecule has 1 N–H and O–H groups in total. The molecule has 0 aliphatic heterocycles. The van der Waals surface area contributed by atoms with E-state index >= 15 is 0 Å². The number of rotatable bonds is 4. The van der Waals surface area contributed by atoms with E-state index in [2.05, 4.69) is 21.8 Å². The monoisotopic (exact) mass is 288 g/mol. The van der Waals surface area contributed by atoms with Crippen molar-refractivity contribution >= 4 is 11.1 Å². The Hall–Kier alpha value is -2.55. The van der Waals surface area contributed by atoms with Crippen molar-refractivity contribution in [1.82, 2.24) is 9.97 Å². The second-order valence-corrected chi connectivity index (χ2v) is 4.39. The third-order valence-corrected chi connectivity index (χ3v) is 2.84. The molecule has 0 fully saturated rings. The quantitative estimate of drug-likeness (QED) is 0.864. The third-order valence-electron chi connectivity index (χ3n) is 2.84. The first kappa shape index (κ1) is 14.9. The summed E-state index contributed by atoms with van der Waals surface area (Å²) < 4.78 is 10.2. The van der Waals surface area contributed by atoms with Crippen LogP contribution in [0.4, 0.5) is 0 Å². The number of aryl methyl sites for hydroxylation is 1. The lowest BCUT2D eigenvalue weighted by atomic mass is 10.1. The van der Waals surface area contributed by atoms with E-state index in [1.807, 2.05) is 13.8 Å². The number of nitrogens with zero attached hydrogens (tertiary/aromatic N) is 1. The fraction of sp³-hybridized carbons (Fsp3) is 0.400. The van der Waals surface area contributed by atoms with Gasteiger partial charge >= 0.3 is 11.6 Å². The molecule has 2 aromatic rings. The van der Waals surface area contributed by atoms with Gasteiger partial charge < -0.3 is 9.15 Å². The standard InChI is InChI=1S/C15H16N2O4/c1-3-5-6-7-8-20-15-16-13(19)12-10(4-2)9-11(18)21-14(12)17-15/h9H,3-5,8H2,1-2H3,(H,16,17,19). The maximum atomic E-state index is 12.1. The number of hydrogen-bond donors (Lipinski definition) is 1. The predicted molar refractivity (Wildman–Crippen MR) is 78.5 cm³/mol. The molecule has 0 amide bonds. The van der Waals surface area contributed by atoms with Gasteiger partial charge in [-0.3, -0.25) is 9.78 Å². The molecule has 0 unspecified atom stereocenters. The normalized spacial score (nSPS) is 10.2. The summed E-state index contributed by atoms with van der Waals surface area (Å²) in [6, 6.07) is 1.30. The smallest absolute Gasteiger partial charge is 0.337 e. The van der Waals surface area contributed by atoms with Gasteiger partial charge in [-0.1, -0.05) is 25.7 Å². The minimum Gasteiger partial charge on any atom is -0.451 e. The van der Waals surface area contributed by atoms with Gasteiger partial charge in [0.15, 0.2) is 6.61 Å². The van der Waals surface area contributed by atoms with Gasteiger partial charge in [0.1, 0.15) is 5.39 Å². The summed E-state index contributed by atoms with van der Waals surface area (Å²) in [5.41, 5.74) is -0.341. The first-order valence-corrected chi connectivity index (χ1v) is 6.81. The number of fused-ring (bicyclic) bond motifs is 1. The minimum absolute atomic E-state index is 0.00491. The first-order valence-electron chi connectivity index (χ1n) is 6.81. The molecule has 6 nitrogen and oxygen atoms in total. The van der Waals surface area contributed by atoms with E-state index in [-0.39, 0.29) is 23.7 Å². The Morgan fingerprint density at radius 1 is 1.33 bits per heavy atom. The molecule has 2 aromatic heterocycles. The summed E-state index contributed by atoms with van der Waals surface area (Å²) in [6.45, 7) is 4.00. The molecule has 0 aliphatic carbocycles. The highest BCUT2D eigenvalue weighted by atomic mass is 16.5. The number of ether oxygens (including phenoxy) is 1. The van der Waals surface area contributed by atoms with Crippen LogP contribution in [0.5, 0.6) is 6.01 Å². The molecule has 0 saturated carbocycles. The van der Waals surface area contributed by atoms with Crippen molar-refractivity contribution in [2.24, 2.45) is 0 Å². The Balaban J connectivity index is 2.35. The lowest BCUT2D eigenvalue weighted by Gasteiger charge is -2.04. The summed E-state index contributed by atoms with van der Waals surface area (Å²) in [6.07, 6.45) is 2.30. The third kappa shape index (κ3) is 3.51. The molecule has 2 rings (SSSR count). The molecular formula is C15H16N2O4. The minimum atomic E-state index is -0.536. The van der Waals surface area contributed by atoms with Crippen molar-refractivity contribution in [2.45, 2.75) is 33.1 Å². The summed E-state index contributed by atoms with van der Waals surface area (Å²) in [7, 11) is 0. The number of hydrogen-bond acceptors (Lipinski definition) is 5. The molecule has 0 spiro atoms. The van der Waals surface area contributed by atoms with Crippen LogP contribution >= 0.6 is 0 Å². The number of unbranched alkanes of at least 4 members (excludes halogenated alkanes) is 1. The summed E-state index contributed by atoms with van der Waals surface area (Å²) >= 11 is 0. The summed E-state index contributed by atoms with van der Waals surface area (Å²) in [5.74, 6) is 5.73. The van der Waals surface area contributed by atoms with E-state index < -0.39 is 11.2 Å². The van der Waals surface area contributed by atoms with Crippen molar-refractivity contribution in [3.8, 4) is 17.9 Å². The van der Waals surface area contributed by atoms with E-state index in [0.717, 1.165) is 12.8 Å². The molecule has 21 heavy (non-hydrogen) atoms. The average molecular weight is 288 g/mol. The zero-order chi connectivity index (χ0) is 15.2. The molecule has 6 heteroatoms. The molecule has 0 radical (unpaired) electrons. The van der Waals surface area contributed by atoms with Crippen molar-refractivity contribution in [2.75, 3.05) is 6.61 Å². The highest BCUT2D eigenvalue weighted by Gasteiger charge is 2.11. The van der Waals surface area contributed by atoms with Crippen molar-refractivity contribution in [1.29, 1.82) is 0 Å². The molecular weight excluding hydrogens is 272 g/mol. The molecule has 0 aromatic carbocycles. The lowest BCUT2D eigenvalue weighted by Crippen LogP contribution is -2.15. The van der Waals surface area contributed by atoms with Crippen LogP contribution in [0.25, 0.3) is 11.1 Å². The Morgan fingerprint density at radius 3 is 2.86 bits per heavy atom. The van der Waals surface area contributed by atoms with Gasteiger partial charge in [-0.2, -0.15) is 4.98 Å². The number of nitrogens with one attached hydrogen (secondary N) is 1. The first-order chi connectivity index (χ1) is 10.2. The average Bonchev–Trinajstić information content (AvgIpc) is 2.45. The predicted octanol–water partition coefficient (Wildman–Crippen LogP) is 1.62. The van der Waals surface area contributed by atoms with Gasteiger partial charge in [0, 0.05) is 12.5 Å². The van der Waals surface area contributed by atoms with Gasteiger partial charge in [-0.05, 0) is 18.4 Å². The maximum absolute atomic E-state index is 12.1. The Morgan fingerprint density at radius 2 is 2.14 bits per heavy atom. The van der Waals surface area contributed by atoms with Crippen LogP contribution in [0, 0.1) is 11.8 Å². The fourth-order valence-electron chi connectivity index (χ4n) is 1.85. The van der Waals surface area contributed by atoms with Crippen LogP contribution in [-0.2, 0) is 6.42 Å². The van der Waals surface area contributed by atoms with E-state index in [9.17, 15) is 9.59 Å². The van der Waals surface area contributed by atoms with Crippen molar-refractivity contribution < 1.29 is 9.15 Å². The van der Waals surface area contributed by atoms with Crippen molar-refractivity contribution in [3.63, 3.8) is 0 Å². The van der Waals surface area contributed by atoms with Gasteiger partial charge in [-0.25, -0.2) is 4.79 Å². The zero-order valence-corrected chi connectivity index (χ0v) is 12.0.